The van der Waals surface area contributed by atoms with Crippen LogP contribution in [0.15, 0.2) is 70.2 Å². The molecule has 25 heavy (non-hydrogen) atoms. The second-order valence-electron chi connectivity index (χ2n) is 5.54. The Balaban J connectivity index is 1.75. The number of hydrogen-bond donors (Lipinski definition) is 2. The molecule has 0 aliphatic heterocycles. The van der Waals surface area contributed by atoms with E-state index < -0.39 is 0 Å². The summed E-state index contributed by atoms with van der Waals surface area (Å²) >= 11 is 3.49. The highest BCUT2D eigenvalue weighted by Gasteiger charge is 2.11. The summed E-state index contributed by atoms with van der Waals surface area (Å²) in [7, 11) is 0. The van der Waals surface area contributed by atoms with Crippen molar-refractivity contribution >= 4 is 27.4 Å². The maximum absolute atomic E-state index is 11.4. The Labute approximate surface area is 151 Å². The van der Waals surface area contributed by atoms with Crippen LogP contribution in [0.1, 0.15) is 5.56 Å². The van der Waals surface area contributed by atoms with E-state index in [1.807, 2.05) is 42.5 Å². The van der Waals surface area contributed by atoms with Crippen molar-refractivity contribution in [1.82, 2.24) is 19.6 Å². The molecule has 6 nitrogen and oxygen atoms in total. The van der Waals surface area contributed by atoms with Crippen LogP contribution in [0, 0.1) is 0 Å². The Hall–Kier alpha value is -2.93. The monoisotopic (exact) mass is 395 g/mol. The number of benzene rings is 1. The van der Waals surface area contributed by atoms with E-state index in [0.29, 0.717) is 6.54 Å². The third-order valence-corrected chi connectivity index (χ3v) is 4.37. The summed E-state index contributed by atoms with van der Waals surface area (Å²) in [5.74, 6) is 0.801. The molecule has 0 unspecified atom stereocenters. The third-order valence-electron chi connectivity index (χ3n) is 3.81. The molecule has 7 heteroatoms. The van der Waals surface area contributed by atoms with Crippen molar-refractivity contribution in [2.24, 2.45) is 0 Å². The van der Waals surface area contributed by atoms with Crippen LogP contribution in [0.25, 0.3) is 16.9 Å². The van der Waals surface area contributed by atoms with Crippen LogP contribution in [0.2, 0.25) is 0 Å². The van der Waals surface area contributed by atoms with Gasteiger partial charge in [-0.1, -0.05) is 30.3 Å². The number of rotatable bonds is 4. The Morgan fingerprint density at radius 2 is 2.00 bits per heavy atom. The zero-order valence-corrected chi connectivity index (χ0v) is 14.7. The van der Waals surface area contributed by atoms with Crippen LogP contribution in [0.5, 0.6) is 0 Å². The van der Waals surface area contributed by atoms with Crippen molar-refractivity contribution in [3.63, 3.8) is 0 Å². The van der Waals surface area contributed by atoms with E-state index in [9.17, 15) is 4.79 Å². The maximum Gasteiger partial charge on any atom is 0.248 e. The van der Waals surface area contributed by atoms with Gasteiger partial charge in [-0.2, -0.15) is 9.61 Å². The number of anilines is 1. The highest BCUT2D eigenvalue weighted by molar-refractivity contribution is 9.10. The summed E-state index contributed by atoms with van der Waals surface area (Å²) < 4.78 is 2.56. The average Bonchev–Trinajstić information content (AvgIpc) is 3.02. The van der Waals surface area contributed by atoms with Crippen molar-refractivity contribution < 1.29 is 0 Å². The predicted molar refractivity (Wildman–Crippen MR) is 101 cm³/mol. The van der Waals surface area contributed by atoms with Crippen molar-refractivity contribution in [3.8, 4) is 11.3 Å². The first kappa shape index (κ1) is 15.6. The van der Waals surface area contributed by atoms with E-state index in [-0.39, 0.29) is 5.56 Å². The lowest BCUT2D eigenvalue weighted by Gasteiger charge is -2.11. The van der Waals surface area contributed by atoms with Gasteiger partial charge in [-0.3, -0.25) is 4.79 Å². The predicted octanol–water partition coefficient (Wildman–Crippen LogP) is 3.46. The normalized spacial score (nSPS) is 10.9. The summed E-state index contributed by atoms with van der Waals surface area (Å²) in [5, 5.41) is 7.70. The minimum absolute atomic E-state index is 0.119. The number of hydrogen-bond acceptors (Lipinski definition) is 4. The van der Waals surface area contributed by atoms with Gasteiger partial charge >= 0.3 is 0 Å². The van der Waals surface area contributed by atoms with E-state index >= 15 is 0 Å². The van der Waals surface area contributed by atoms with Crippen LogP contribution in [0.3, 0.4) is 0 Å². The minimum atomic E-state index is -0.119. The van der Waals surface area contributed by atoms with Gasteiger partial charge in [0, 0.05) is 30.4 Å². The summed E-state index contributed by atoms with van der Waals surface area (Å²) in [6.07, 6.45) is 3.36. The van der Waals surface area contributed by atoms with Gasteiger partial charge in [0.2, 0.25) is 5.56 Å². The molecule has 0 amide bonds. The highest BCUT2D eigenvalue weighted by atomic mass is 79.9. The molecule has 3 aromatic heterocycles. The lowest BCUT2D eigenvalue weighted by Crippen LogP contribution is -2.10. The Kier molecular flexibility index (Phi) is 4.07. The zero-order chi connectivity index (χ0) is 17.2. The summed E-state index contributed by atoms with van der Waals surface area (Å²) in [4.78, 5) is 18.7. The molecule has 4 aromatic rings. The van der Waals surface area contributed by atoms with Gasteiger partial charge in [-0.05, 0) is 27.6 Å². The van der Waals surface area contributed by atoms with Crippen LogP contribution in [-0.2, 0) is 6.54 Å². The molecule has 0 saturated carbocycles. The first-order chi connectivity index (χ1) is 12.2. The number of H-pyrrole nitrogens is 1. The van der Waals surface area contributed by atoms with Crippen molar-refractivity contribution in [2.75, 3.05) is 5.32 Å². The number of nitrogens with one attached hydrogen (secondary N) is 2. The lowest BCUT2D eigenvalue weighted by atomic mass is 10.1. The Morgan fingerprint density at radius 1 is 1.16 bits per heavy atom. The third kappa shape index (κ3) is 3.18. The van der Waals surface area contributed by atoms with Gasteiger partial charge < -0.3 is 10.3 Å². The maximum atomic E-state index is 11.4. The number of pyridine rings is 1. The molecule has 0 bridgehead atoms. The van der Waals surface area contributed by atoms with E-state index in [0.717, 1.165) is 32.8 Å². The van der Waals surface area contributed by atoms with E-state index in [2.05, 4.69) is 31.3 Å². The molecule has 0 spiro atoms. The van der Waals surface area contributed by atoms with E-state index in [4.69, 9.17) is 4.98 Å². The van der Waals surface area contributed by atoms with Gasteiger partial charge in [0.15, 0.2) is 5.65 Å². The minimum Gasteiger partial charge on any atom is -0.366 e. The molecule has 0 radical (unpaired) electrons. The number of aromatic nitrogens is 4. The molecule has 0 atom stereocenters. The number of nitrogens with zero attached hydrogens (tertiary/aromatic N) is 3. The molecule has 0 fully saturated rings. The van der Waals surface area contributed by atoms with Crippen LogP contribution >= 0.6 is 15.9 Å². The SMILES string of the molecule is O=c1cc(CNc2cc(-c3ccccc3)nc3c(Br)cnn23)cc[nH]1. The fraction of sp³-hybridized carbons (Fsp3) is 0.0556. The van der Waals surface area contributed by atoms with Gasteiger partial charge in [0.1, 0.15) is 5.82 Å². The Bertz CT molecular complexity index is 1090. The molecule has 0 aliphatic rings. The van der Waals surface area contributed by atoms with Gasteiger partial charge in [0.25, 0.3) is 0 Å². The van der Waals surface area contributed by atoms with Gasteiger partial charge in [0.05, 0.1) is 16.4 Å². The molecular formula is C18H14BrN5O. The second kappa shape index (κ2) is 6.52. The summed E-state index contributed by atoms with van der Waals surface area (Å²) in [5.41, 5.74) is 3.38. The molecule has 0 saturated heterocycles. The quantitative estimate of drug-likeness (QED) is 0.554. The number of halogens is 1. The largest absolute Gasteiger partial charge is 0.366 e. The summed E-state index contributed by atoms with van der Waals surface area (Å²) in [6, 6.07) is 15.4. The fourth-order valence-corrected chi connectivity index (χ4v) is 2.96. The van der Waals surface area contributed by atoms with E-state index in [1.165, 1.54) is 0 Å². The topological polar surface area (TPSA) is 75.1 Å². The molecule has 0 aliphatic carbocycles. The van der Waals surface area contributed by atoms with Crippen molar-refractivity contribution in [2.45, 2.75) is 6.54 Å². The fourth-order valence-electron chi connectivity index (χ4n) is 2.61. The number of fused-ring (bicyclic) bond motifs is 1. The van der Waals surface area contributed by atoms with Crippen molar-refractivity contribution in [1.29, 1.82) is 0 Å². The molecule has 2 N–H and O–H groups in total. The average molecular weight is 396 g/mol. The first-order valence-corrected chi connectivity index (χ1v) is 8.51. The number of aromatic amines is 1. The van der Waals surface area contributed by atoms with Gasteiger partial charge in [-0.25, -0.2) is 4.98 Å². The molecular weight excluding hydrogens is 382 g/mol. The smallest absolute Gasteiger partial charge is 0.248 e. The zero-order valence-electron chi connectivity index (χ0n) is 13.1. The lowest BCUT2D eigenvalue weighted by molar-refractivity contribution is 0.925. The van der Waals surface area contributed by atoms with Crippen LogP contribution < -0.4 is 10.9 Å². The molecule has 4 rings (SSSR count). The highest BCUT2D eigenvalue weighted by Crippen LogP contribution is 2.25. The first-order valence-electron chi connectivity index (χ1n) is 7.72. The molecule has 124 valence electrons. The van der Waals surface area contributed by atoms with Crippen molar-refractivity contribution in [3.05, 3.63) is 81.3 Å². The standard InChI is InChI=1S/C18H14BrN5O/c19-14-11-22-24-16(21-10-12-6-7-20-17(25)8-12)9-15(23-18(14)24)13-4-2-1-3-5-13/h1-9,11,21H,10H2,(H,20,25). The van der Waals surface area contributed by atoms with E-state index in [1.54, 1.807) is 23.0 Å². The van der Waals surface area contributed by atoms with Gasteiger partial charge in [-0.15, -0.1) is 0 Å². The second-order valence-corrected chi connectivity index (χ2v) is 6.39. The molecule has 1 aromatic carbocycles. The van der Waals surface area contributed by atoms with Crippen LogP contribution in [-0.4, -0.2) is 19.6 Å². The van der Waals surface area contributed by atoms with Crippen LogP contribution in [0.4, 0.5) is 5.82 Å². The molecule has 3 heterocycles. The Morgan fingerprint density at radius 3 is 2.80 bits per heavy atom. The summed E-state index contributed by atoms with van der Waals surface area (Å²) in [6.45, 7) is 0.509.